The van der Waals surface area contributed by atoms with Crippen LogP contribution in [0, 0.1) is 13.8 Å². The number of esters is 1. The number of aryl methyl sites for hydroxylation is 2. The quantitative estimate of drug-likeness (QED) is 0.864. The zero-order valence-corrected chi connectivity index (χ0v) is 11.9. The van der Waals surface area contributed by atoms with E-state index >= 15 is 0 Å². The molecule has 1 unspecified atom stereocenters. The van der Waals surface area contributed by atoms with Crippen LogP contribution in [0.5, 0.6) is 0 Å². The van der Waals surface area contributed by atoms with Gasteiger partial charge in [0.2, 0.25) is 0 Å². The molecule has 1 atom stereocenters. The van der Waals surface area contributed by atoms with Crippen molar-refractivity contribution in [3.63, 3.8) is 0 Å². The molecule has 0 fully saturated rings. The van der Waals surface area contributed by atoms with Crippen LogP contribution in [0.25, 0.3) is 0 Å². The minimum atomic E-state index is -0.510. The Bertz CT molecular complexity index is 622. The molecule has 6 heteroatoms. The minimum absolute atomic E-state index is 0.00496. The first-order chi connectivity index (χ1) is 9.51. The van der Waals surface area contributed by atoms with Crippen LogP contribution in [0.4, 0.5) is 5.82 Å². The molecule has 0 spiro atoms. The van der Waals surface area contributed by atoms with Gasteiger partial charge in [-0.15, -0.1) is 0 Å². The SMILES string of the molecule is COC(=O)c1cncc(NC(C)c2cc(C)oc2C)n1. The molecule has 0 aliphatic heterocycles. The van der Waals surface area contributed by atoms with Crippen molar-refractivity contribution >= 4 is 11.8 Å². The summed E-state index contributed by atoms with van der Waals surface area (Å²) >= 11 is 0. The molecule has 0 radical (unpaired) electrons. The number of carbonyl (C=O) groups is 1. The third kappa shape index (κ3) is 2.96. The summed E-state index contributed by atoms with van der Waals surface area (Å²) < 4.78 is 10.1. The van der Waals surface area contributed by atoms with Gasteiger partial charge in [0.15, 0.2) is 5.69 Å². The predicted octanol–water partition coefficient (Wildman–Crippen LogP) is 2.65. The highest BCUT2D eigenvalue weighted by Gasteiger charge is 2.14. The highest BCUT2D eigenvalue weighted by atomic mass is 16.5. The Labute approximate surface area is 117 Å². The van der Waals surface area contributed by atoms with Crippen molar-refractivity contribution in [2.24, 2.45) is 0 Å². The molecule has 0 saturated heterocycles. The van der Waals surface area contributed by atoms with Crippen LogP contribution >= 0.6 is 0 Å². The van der Waals surface area contributed by atoms with Gasteiger partial charge >= 0.3 is 5.97 Å². The number of carbonyl (C=O) groups excluding carboxylic acids is 1. The van der Waals surface area contributed by atoms with Crippen molar-refractivity contribution in [1.82, 2.24) is 9.97 Å². The molecule has 0 amide bonds. The second kappa shape index (κ2) is 5.73. The monoisotopic (exact) mass is 275 g/mol. The van der Waals surface area contributed by atoms with Crippen molar-refractivity contribution in [2.45, 2.75) is 26.8 Å². The molecule has 20 heavy (non-hydrogen) atoms. The molecule has 0 bridgehead atoms. The summed E-state index contributed by atoms with van der Waals surface area (Å²) in [4.78, 5) is 19.6. The average molecular weight is 275 g/mol. The second-order valence-corrected chi connectivity index (χ2v) is 4.52. The van der Waals surface area contributed by atoms with Crippen LogP contribution in [0.15, 0.2) is 22.9 Å². The van der Waals surface area contributed by atoms with E-state index in [1.807, 2.05) is 26.8 Å². The number of nitrogens with zero attached hydrogens (tertiary/aromatic N) is 2. The molecule has 0 saturated carbocycles. The van der Waals surface area contributed by atoms with Gasteiger partial charge in [-0.25, -0.2) is 9.78 Å². The smallest absolute Gasteiger partial charge is 0.358 e. The highest BCUT2D eigenvalue weighted by molar-refractivity contribution is 5.87. The normalized spacial score (nSPS) is 12.0. The standard InChI is InChI=1S/C14H17N3O3/c1-8-5-11(10(3)20-8)9(2)16-13-7-15-6-12(17-13)14(18)19-4/h5-7,9H,1-4H3,(H,16,17). The lowest BCUT2D eigenvalue weighted by molar-refractivity contribution is 0.0593. The van der Waals surface area contributed by atoms with Crippen LogP contribution in [0.1, 0.15) is 40.5 Å². The number of rotatable bonds is 4. The zero-order valence-electron chi connectivity index (χ0n) is 11.9. The number of hydrogen-bond acceptors (Lipinski definition) is 6. The Morgan fingerprint density at radius 2 is 2.15 bits per heavy atom. The number of methoxy groups -OCH3 is 1. The summed E-state index contributed by atoms with van der Waals surface area (Å²) in [5.74, 6) is 1.72. The number of furan rings is 1. The topological polar surface area (TPSA) is 77.2 Å². The number of ether oxygens (including phenoxy) is 1. The Hall–Kier alpha value is -2.37. The molecule has 1 N–H and O–H groups in total. The van der Waals surface area contributed by atoms with Gasteiger partial charge in [0.1, 0.15) is 17.3 Å². The van der Waals surface area contributed by atoms with Gasteiger partial charge in [0.25, 0.3) is 0 Å². The Balaban J connectivity index is 2.17. The van der Waals surface area contributed by atoms with Crippen LogP contribution in [0.2, 0.25) is 0 Å². The summed E-state index contributed by atoms with van der Waals surface area (Å²) in [5.41, 5.74) is 1.22. The van der Waals surface area contributed by atoms with E-state index < -0.39 is 5.97 Å². The lowest BCUT2D eigenvalue weighted by Gasteiger charge is -2.13. The van der Waals surface area contributed by atoms with E-state index in [1.54, 1.807) is 6.20 Å². The van der Waals surface area contributed by atoms with Gasteiger partial charge in [-0.2, -0.15) is 0 Å². The number of hydrogen-bond donors (Lipinski definition) is 1. The summed E-state index contributed by atoms with van der Waals surface area (Å²) in [6, 6.07) is 1.97. The molecule has 2 aromatic rings. The first-order valence-electron chi connectivity index (χ1n) is 6.25. The fourth-order valence-corrected chi connectivity index (χ4v) is 2.02. The minimum Gasteiger partial charge on any atom is -0.466 e. The Morgan fingerprint density at radius 1 is 1.40 bits per heavy atom. The van der Waals surface area contributed by atoms with Crippen molar-refractivity contribution in [3.05, 3.63) is 41.2 Å². The van der Waals surface area contributed by atoms with E-state index in [4.69, 9.17) is 4.42 Å². The molecule has 6 nitrogen and oxygen atoms in total. The zero-order chi connectivity index (χ0) is 14.7. The third-order valence-electron chi connectivity index (χ3n) is 2.94. The highest BCUT2D eigenvalue weighted by Crippen LogP contribution is 2.24. The van der Waals surface area contributed by atoms with Crippen molar-refractivity contribution in [3.8, 4) is 0 Å². The largest absolute Gasteiger partial charge is 0.466 e. The summed E-state index contributed by atoms with van der Waals surface area (Å²) in [6.45, 7) is 5.81. The van der Waals surface area contributed by atoms with E-state index in [0.717, 1.165) is 17.1 Å². The van der Waals surface area contributed by atoms with Crippen LogP contribution in [-0.2, 0) is 4.74 Å². The number of aromatic nitrogens is 2. The Morgan fingerprint density at radius 3 is 2.75 bits per heavy atom. The van der Waals surface area contributed by atoms with Crippen LogP contribution < -0.4 is 5.32 Å². The summed E-state index contributed by atoms with van der Waals surface area (Å²) in [7, 11) is 1.31. The number of anilines is 1. The summed E-state index contributed by atoms with van der Waals surface area (Å²) in [5, 5.41) is 3.19. The van der Waals surface area contributed by atoms with E-state index in [2.05, 4.69) is 20.0 Å². The first-order valence-corrected chi connectivity index (χ1v) is 6.25. The third-order valence-corrected chi connectivity index (χ3v) is 2.94. The van der Waals surface area contributed by atoms with E-state index in [-0.39, 0.29) is 11.7 Å². The maximum atomic E-state index is 11.4. The van der Waals surface area contributed by atoms with E-state index in [0.29, 0.717) is 5.82 Å². The molecule has 0 aromatic carbocycles. The maximum absolute atomic E-state index is 11.4. The molecule has 2 rings (SSSR count). The molecule has 2 aromatic heterocycles. The lowest BCUT2D eigenvalue weighted by atomic mass is 10.1. The fourth-order valence-electron chi connectivity index (χ4n) is 2.02. The van der Waals surface area contributed by atoms with Gasteiger partial charge in [-0.1, -0.05) is 0 Å². The summed E-state index contributed by atoms with van der Waals surface area (Å²) in [6.07, 6.45) is 2.93. The average Bonchev–Trinajstić information content (AvgIpc) is 2.77. The van der Waals surface area contributed by atoms with Crippen LogP contribution in [-0.4, -0.2) is 23.0 Å². The van der Waals surface area contributed by atoms with Gasteiger partial charge in [0, 0.05) is 5.56 Å². The number of nitrogens with one attached hydrogen (secondary N) is 1. The van der Waals surface area contributed by atoms with Crippen molar-refractivity contribution in [2.75, 3.05) is 12.4 Å². The van der Waals surface area contributed by atoms with E-state index in [1.165, 1.54) is 13.3 Å². The lowest BCUT2D eigenvalue weighted by Crippen LogP contribution is -2.11. The van der Waals surface area contributed by atoms with Gasteiger partial charge in [-0.05, 0) is 26.8 Å². The molecule has 0 aliphatic rings. The Kier molecular flexibility index (Phi) is 4.02. The van der Waals surface area contributed by atoms with Crippen molar-refractivity contribution < 1.29 is 13.9 Å². The second-order valence-electron chi connectivity index (χ2n) is 4.52. The van der Waals surface area contributed by atoms with Gasteiger partial charge in [0.05, 0.1) is 25.5 Å². The molecular weight excluding hydrogens is 258 g/mol. The molecule has 0 aliphatic carbocycles. The van der Waals surface area contributed by atoms with Crippen LogP contribution in [0.3, 0.4) is 0 Å². The van der Waals surface area contributed by atoms with Crippen molar-refractivity contribution in [1.29, 1.82) is 0 Å². The van der Waals surface area contributed by atoms with Gasteiger partial charge in [-0.3, -0.25) is 4.98 Å². The maximum Gasteiger partial charge on any atom is 0.358 e. The fraction of sp³-hybridized carbons (Fsp3) is 0.357. The van der Waals surface area contributed by atoms with Gasteiger partial charge < -0.3 is 14.5 Å². The predicted molar refractivity (Wildman–Crippen MR) is 73.6 cm³/mol. The molecule has 2 heterocycles. The first kappa shape index (κ1) is 14.0. The van der Waals surface area contributed by atoms with E-state index in [9.17, 15) is 4.79 Å². The molecular formula is C14H17N3O3. The molecule has 106 valence electrons.